The van der Waals surface area contributed by atoms with Crippen molar-refractivity contribution >= 4 is 32.6 Å². The molecule has 1 fully saturated rings. The summed E-state index contributed by atoms with van der Waals surface area (Å²) < 4.78 is 41.5. The van der Waals surface area contributed by atoms with E-state index in [4.69, 9.17) is 9.47 Å². The second-order valence-electron chi connectivity index (χ2n) is 14.2. The Morgan fingerprint density at radius 1 is 0.865 bits per heavy atom. The topological polar surface area (TPSA) is 117 Å². The van der Waals surface area contributed by atoms with Crippen molar-refractivity contribution in [2.45, 2.75) is 94.9 Å². The number of nitrogens with one attached hydrogen (secondary N) is 2. The van der Waals surface area contributed by atoms with Crippen molar-refractivity contribution in [3.8, 4) is 11.5 Å². The van der Waals surface area contributed by atoms with Crippen molar-refractivity contribution in [1.82, 2.24) is 19.8 Å². The summed E-state index contributed by atoms with van der Waals surface area (Å²) in [5.74, 6) is 0.320. The molecular weight excluding hydrogens is 677 g/mol. The molecule has 1 heterocycles. The van der Waals surface area contributed by atoms with E-state index in [1.807, 2.05) is 50.2 Å². The van der Waals surface area contributed by atoms with Gasteiger partial charge in [0.05, 0.1) is 10.9 Å². The molecule has 2 atom stereocenters. The maximum absolute atomic E-state index is 13.9. The number of amides is 2. The Labute approximate surface area is 307 Å². The number of rotatable bonds is 15. The van der Waals surface area contributed by atoms with Gasteiger partial charge in [-0.15, -0.1) is 0 Å². The zero-order valence-electron chi connectivity index (χ0n) is 30.5. The normalized spacial score (nSPS) is 15.7. The van der Waals surface area contributed by atoms with E-state index < -0.39 is 28.0 Å². The highest BCUT2D eigenvalue weighted by Gasteiger charge is 2.30. The van der Waals surface area contributed by atoms with E-state index in [0.29, 0.717) is 29.5 Å². The fourth-order valence-corrected chi connectivity index (χ4v) is 8.37. The number of hydrogen-bond acceptors (Lipinski definition) is 7. The Morgan fingerprint density at radius 2 is 1.56 bits per heavy atom. The van der Waals surface area contributed by atoms with Gasteiger partial charge < -0.3 is 19.7 Å². The molecule has 4 aromatic carbocycles. The van der Waals surface area contributed by atoms with E-state index in [-0.39, 0.29) is 30.1 Å². The predicted molar refractivity (Wildman–Crippen MR) is 203 cm³/mol. The first-order valence-electron chi connectivity index (χ1n) is 18.3. The van der Waals surface area contributed by atoms with Crippen LogP contribution in [-0.2, 0) is 32.6 Å². The molecule has 10 nitrogen and oxygen atoms in total. The van der Waals surface area contributed by atoms with Crippen molar-refractivity contribution in [2.75, 3.05) is 20.4 Å². The number of likely N-dealkylation sites (N-methyl/N-ethyl adjacent to an activating group) is 1. The first-order chi connectivity index (χ1) is 25.0. The maximum Gasteiger partial charge on any atom is 0.245 e. The molecule has 0 spiro atoms. The number of ether oxygens (including phenoxy) is 2. The molecule has 1 saturated carbocycles. The minimum absolute atomic E-state index is 0.0538. The molecule has 0 saturated heterocycles. The fraction of sp³-hybridized carbons (Fsp3) is 0.415. The number of nitrogens with zero attached hydrogens (tertiary/aromatic N) is 2. The standard InChI is InChI=1S/C41H50N4O6S/c1-5-45(34-12-8-9-13-34)26-30-16-14-29(15-17-30)22-37(41(47)44(4)28(2)3)42-40(46)25-36(33-19-21-38-39(24-33)51-27-50-38)43-52(48,49)35-20-18-31-10-6-7-11-32(31)23-35/h6-7,10-11,14-21,23-24,28,34,36-37,43H,5,8-9,12-13,22,25-27H2,1-4H3,(H,42,46)/t36-,37-/m1/s1. The summed E-state index contributed by atoms with van der Waals surface area (Å²) in [5, 5.41) is 4.66. The zero-order valence-corrected chi connectivity index (χ0v) is 31.3. The molecule has 1 aliphatic carbocycles. The molecule has 52 heavy (non-hydrogen) atoms. The highest BCUT2D eigenvalue weighted by atomic mass is 32.2. The van der Waals surface area contributed by atoms with Crippen molar-refractivity contribution in [2.24, 2.45) is 0 Å². The van der Waals surface area contributed by atoms with E-state index in [1.54, 1.807) is 48.3 Å². The van der Waals surface area contributed by atoms with Gasteiger partial charge >= 0.3 is 0 Å². The first-order valence-corrected chi connectivity index (χ1v) is 19.8. The molecule has 0 aromatic heterocycles. The van der Waals surface area contributed by atoms with Crippen LogP contribution in [0.3, 0.4) is 0 Å². The minimum Gasteiger partial charge on any atom is -0.454 e. The molecule has 6 rings (SSSR count). The van der Waals surface area contributed by atoms with Gasteiger partial charge in [0.25, 0.3) is 0 Å². The molecule has 1 aliphatic heterocycles. The Balaban J connectivity index is 1.21. The summed E-state index contributed by atoms with van der Waals surface area (Å²) in [6, 6.07) is 24.6. The van der Waals surface area contributed by atoms with Crippen molar-refractivity contribution in [1.29, 1.82) is 0 Å². The molecule has 11 heteroatoms. The van der Waals surface area contributed by atoms with E-state index in [1.165, 1.54) is 31.2 Å². The molecule has 0 radical (unpaired) electrons. The van der Waals surface area contributed by atoms with Crippen molar-refractivity contribution < 1.29 is 27.5 Å². The zero-order chi connectivity index (χ0) is 36.8. The third-order valence-corrected chi connectivity index (χ3v) is 11.8. The van der Waals surface area contributed by atoms with Crippen LogP contribution in [0, 0.1) is 0 Å². The summed E-state index contributed by atoms with van der Waals surface area (Å²) in [4.78, 5) is 31.9. The van der Waals surface area contributed by atoms with Crippen LogP contribution in [0.15, 0.2) is 89.8 Å². The summed E-state index contributed by atoms with van der Waals surface area (Å²) in [5.41, 5.74) is 2.67. The van der Waals surface area contributed by atoms with Crippen LogP contribution in [0.2, 0.25) is 0 Å². The molecule has 0 unspecified atom stereocenters. The van der Waals surface area contributed by atoms with Gasteiger partial charge in [-0.1, -0.05) is 80.4 Å². The van der Waals surface area contributed by atoms with Crippen LogP contribution >= 0.6 is 0 Å². The Bertz CT molecular complexity index is 1980. The van der Waals surface area contributed by atoms with Crippen LogP contribution in [0.4, 0.5) is 0 Å². The van der Waals surface area contributed by atoms with E-state index in [0.717, 1.165) is 29.4 Å². The number of fused-ring (bicyclic) bond motifs is 2. The van der Waals surface area contributed by atoms with Gasteiger partial charge in [-0.3, -0.25) is 14.5 Å². The summed E-state index contributed by atoms with van der Waals surface area (Å²) in [7, 11) is -2.35. The molecule has 276 valence electrons. The van der Waals surface area contributed by atoms with Crippen LogP contribution < -0.4 is 19.5 Å². The Hall–Kier alpha value is -4.45. The van der Waals surface area contributed by atoms with E-state index in [9.17, 15) is 18.0 Å². The molecule has 0 bridgehead atoms. The predicted octanol–water partition coefficient (Wildman–Crippen LogP) is 6.34. The van der Waals surface area contributed by atoms with E-state index in [2.05, 4.69) is 34.0 Å². The van der Waals surface area contributed by atoms with Gasteiger partial charge in [0.15, 0.2) is 11.5 Å². The minimum atomic E-state index is -4.08. The second-order valence-corrected chi connectivity index (χ2v) is 15.9. The number of hydrogen-bond donors (Lipinski definition) is 2. The number of benzene rings is 4. The Kier molecular flexibility index (Phi) is 11.8. The average Bonchev–Trinajstić information content (AvgIpc) is 3.86. The summed E-state index contributed by atoms with van der Waals surface area (Å²) in [6.07, 6.45) is 5.12. The molecule has 2 aliphatic rings. The summed E-state index contributed by atoms with van der Waals surface area (Å²) in [6.45, 7) is 8.00. The monoisotopic (exact) mass is 726 g/mol. The van der Waals surface area contributed by atoms with Gasteiger partial charge in [0.1, 0.15) is 6.04 Å². The van der Waals surface area contributed by atoms with Crippen LogP contribution in [0.5, 0.6) is 11.5 Å². The number of carbonyl (C=O) groups is 2. The van der Waals surface area contributed by atoms with Gasteiger partial charge in [-0.05, 0) is 85.0 Å². The second kappa shape index (κ2) is 16.5. The molecule has 2 amide bonds. The molecular formula is C41H50N4O6S. The number of sulfonamides is 1. The number of carbonyl (C=O) groups excluding carboxylic acids is 2. The third-order valence-electron chi connectivity index (χ3n) is 10.4. The van der Waals surface area contributed by atoms with Gasteiger partial charge in [0.2, 0.25) is 28.6 Å². The quantitative estimate of drug-likeness (QED) is 0.147. The lowest BCUT2D eigenvalue weighted by Crippen LogP contribution is -2.50. The highest BCUT2D eigenvalue weighted by Crippen LogP contribution is 2.35. The lowest BCUT2D eigenvalue weighted by molar-refractivity contribution is -0.136. The third kappa shape index (κ3) is 8.94. The first kappa shape index (κ1) is 37.3. The highest BCUT2D eigenvalue weighted by molar-refractivity contribution is 7.89. The van der Waals surface area contributed by atoms with Gasteiger partial charge in [-0.2, -0.15) is 0 Å². The molecule has 4 aromatic rings. The maximum atomic E-state index is 13.9. The van der Waals surface area contributed by atoms with Crippen molar-refractivity contribution in [3.05, 3.63) is 102 Å². The average molecular weight is 727 g/mol. The van der Waals surface area contributed by atoms with Gasteiger partial charge in [0, 0.05) is 38.5 Å². The smallest absolute Gasteiger partial charge is 0.245 e. The lowest BCUT2D eigenvalue weighted by atomic mass is 10.0. The summed E-state index contributed by atoms with van der Waals surface area (Å²) >= 11 is 0. The SMILES string of the molecule is CCN(Cc1ccc(C[C@@H](NC(=O)C[C@@H](NS(=O)(=O)c2ccc3ccccc3c2)c2ccc3c(c2)OCO3)C(=O)N(C)C(C)C)cc1)C1CCCC1. The van der Waals surface area contributed by atoms with Gasteiger partial charge in [-0.25, -0.2) is 13.1 Å². The van der Waals surface area contributed by atoms with E-state index >= 15 is 0 Å². The van der Waals surface area contributed by atoms with Crippen LogP contribution in [0.1, 0.15) is 75.6 Å². The largest absolute Gasteiger partial charge is 0.454 e. The Morgan fingerprint density at radius 3 is 2.27 bits per heavy atom. The van der Waals surface area contributed by atoms with Crippen LogP contribution in [0.25, 0.3) is 10.8 Å². The fourth-order valence-electron chi connectivity index (χ4n) is 7.11. The molecule has 2 N–H and O–H groups in total. The van der Waals surface area contributed by atoms with Crippen molar-refractivity contribution in [3.63, 3.8) is 0 Å². The lowest BCUT2D eigenvalue weighted by Gasteiger charge is -2.29. The van der Waals surface area contributed by atoms with Crippen LogP contribution in [-0.4, -0.2) is 68.5 Å².